The third kappa shape index (κ3) is 2.61. The monoisotopic (exact) mass is 271 g/mol. The predicted molar refractivity (Wildman–Crippen MR) is 77.3 cm³/mol. The van der Waals surface area contributed by atoms with Crippen LogP contribution in [-0.4, -0.2) is 14.5 Å². The molecule has 0 aliphatic rings. The lowest BCUT2D eigenvalue weighted by molar-refractivity contribution is 0.657. The zero-order valence-electron chi connectivity index (χ0n) is 10.5. The van der Waals surface area contributed by atoms with Gasteiger partial charge in [0.25, 0.3) is 0 Å². The van der Waals surface area contributed by atoms with Crippen molar-refractivity contribution >= 4 is 22.6 Å². The fourth-order valence-electron chi connectivity index (χ4n) is 2.25. The number of hydrogen-bond donors (Lipinski definition) is 0. The van der Waals surface area contributed by atoms with Crippen LogP contribution in [0.15, 0.2) is 49.1 Å². The van der Waals surface area contributed by atoms with E-state index in [4.69, 9.17) is 11.6 Å². The number of nitrogens with zero attached hydrogens (tertiary/aromatic N) is 3. The molecule has 0 fully saturated rings. The Labute approximate surface area is 116 Å². The van der Waals surface area contributed by atoms with Gasteiger partial charge < -0.3 is 4.57 Å². The van der Waals surface area contributed by atoms with E-state index in [-0.39, 0.29) is 0 Å². The maximum Gasteiger partial charge on any atom is 0.143 e. The molecule has 2 heterocycles. The summed E-state index contributed by atoms with van der Waals surface area (Å²) in [5.74, 6) is 0. The minimum absolute atomic E-state index is 0.849. The van der Waals surface area contributed by atoms with E-state index in [1.807, 2.05) is 30.5 Å². The molecule has 0 unspecified atom stereocenters. The molecule has 4 heteroatoms. The predicted octanol–water partition coefficient (Wildman–Crippen LogP) is 3.72. The van der Waals surface area contributed by atoms with Crippen molar-refractivity contribution in [1.29, 1.82) is 0 Å². The molecule has 3 nitrogen and oxygen atoms in total. The number of hydrogen-bond acceptors (Lipinski definition) is 2. The Balaban J connectivity index is 1.68. The second-order valence-electron chi connectivity index (χ2n) is 4.51. The Morgan fingerprint density at radius 2 is 2.05 bits per heavy atom. The third-order valence-corrected chi connectivity index (χ3v) is 3.60. The Kier molecular flexibility index (Phi) is 3.47. The summed E-state index contributed by atoms with van der Waals surface area (Å²) in [6.45, 7) is 0.936. The van der Waals surface area contributed by atoms with Crippen LogP contribution in [0.4, 0.5) is 0 Å². The summed E-state index contributed by atoms with van der Waals surface area (Å²) >= 11 is 6.15. The first kappa shape index (κ1) is 12.2. The number of halogens is 1. The van der Waals surface area contributed by atoms with E-state index < -0.39 is 0 Å². The second-order valence-corrected chi connectivity index (χ2v) is 4.91. The molecule has 0 amide bonds. The molecule has 19 heavy (non-hydrogen) atoms. The Morgan fingerprint density at radius 1 is 1.16 bits per heavy atom. The highest BCUT2D eigenvalue weighted by molar-refractivity contribution is 6.31. The van der Waals surface area contributed by atoms with E-state index >= 15 is 0 Å². The summed E-state index contributed by atoms with van der Waals surface area (Å²) in [6, 6.07) is 10.1. The van der Waals surface area contributed by atoms with Gasteiger partial charge in [-0.2, -0.15) is 0 Å². The highest BCUT2D eigenvalue weighted by atomic mass is 35.5. The van der Waals surface area contributed by atoms with Crippen LogP contribution < -0.4 is 0 Å². The van der Waals surface area contributed by atoms with Gasteiger partial charge in [-0.3, -0.25) is 0 Å². The van der Waals surface area contributed by atoms with Gasteiger partial charge in [0, 0.05) is 29.3 Å². The summed E-state index contributed by atoms with van der Waals surface area (Å²) in [6.07, 6.45) is 7.51. The molecule has 0 aliphatic carbocycles. The van der Waals surface area contributed by atoms with E-state index in [1.54, 1.807) is 6.33 Å². The molecular weight excluding hydrogens is 258 g/mol. The fourth-order valence-corrected chi connectivity index (χ4v) is 2.48. The Hall–Kier alpha value is -1.87. The molecule has 2 aromatic heterocycles. The van der Waals surface area contributed by atoms with E-state index in [0.29, 0.717) is 0 Å². The van der Waals surface area contributed by atoms with Gasteiger partial charge in [0.05, 0.1) is 0 Å². The van der Waals surface area contributed by atoms with Crippen molar-refractivity contribution in [1.82, 2.24) is 14.5 Å². The standard InChI is InChI=1S/C15H14ClN3/c16-14-6-2-1-4-12(14)5-3-8-19-9-7-13-10-17-11-18-15(13)19/h1-2,4,6-7,9-11H,3,5,8H2. The summed E-state index contributed by atoms with van der Waals surface area (Å²) in [5.41, 5.74) is 2.20. The van der Waals surface area contributed by atoms with Gasteiger partial charge >= 0.3 is 0 Å². The number of aromatic nitrogens is 3. The van der Waals surface area contributed by atoms with Gasteiger partial charge in [-0.15, -0.1) is 0 Å². The van der Waals surface area contributed by atoms with Gasteiger partial charge in [0.15, 0.2) is 0 Å². The highest BCUT2D eigenvalue weighted by Crippen LogP contribution is 2.18. The lowest BCUT2D eigenvalue weighted by atomic mass is 10.1. The average molecular weight is 272 g/mol. The largest absolute Gasteiger partial charge is 0.332 e. The summed E-state index contributed by atoms with van der Waals surface area (Å²) in [4.78, 5) is 8.33. The summed E-state index contributed by atoms with van der Waals surface area (Å²) < 4.78 is 2.16. The van der Waals surface area contributed by atoms with Crippen molar-refractivity contribution in [3.63, 3.8) is 0 Å². The number of aryl methyl sites for hydroxylation is 2. The molecule has 1 aromatic carbocycles. The fraction of sp³-hybridized carbons (Fsp3) is 0.200. The number of benzene rings is 1. The van der Waals surface area contributed by atoms with Crippen molar-refractivity contribution in [3.8, 4) is 0 Å². The minimum atomic E-state index is 0.849. The van der Waals surface area contributed by atoms with Gasteiger partial charge in [-0.05, 0) is 30.5 Å². The van der Waals surface area contributed by atoms with E-state index in [9.17, 15) is 0 Å². The Bertz CT molecular complexity index is 690. The lowest BCUT2D eigenvalue weighted by Crippen LogP contribution is -1.99. The molecule has 0 atom stereocenters. The van der Waals surface area contributed by atoms with Crippen LogP contribution in [0.25, 0.3) is 11.0 Å². The molecule has 0 saturated carbocycles. The molecular formula is C15H14ClN3. The van der Waals surface area contributed by atoms with Gasteiger partial charge in [-0.25, -0.2) is 9.97 Å². The van der Waals surface area contributed by atoms with Crippen molar-refractivity contribution in [2.45, 2.75) is 19.4 Å². The molecule has 0 N–H and O–H groups in total. The molecule has 0 saturated heterocycles. The smallest absolute Gasteiger partial charge is 0.143 e. The van der Waals surface area contributed by atoms with E-state index in [0.717, 1.165) is 35.4 Å². The molecule has 0 spiro atoms. The molecule has 3 rings (SSSR count). The zero-order valence-corrected chi connectivity index (χ0v) is 11.2. The third-order valence-electron chi connectivity index (χ3n) is 3.23. The van der Waals surface area contributed by atoms with Crippen LogP contribution in [0.3, 0.4) is 0 Å². The van der Waals surface area contributed by atoms with Crippen molar-refractivity contribution in [2.24, 2.45) is 0 Å². The summed E-state index contributed by atoms with van der Waals surface area (Å²) in [7, 11) is 0. The van der Waals surface area contributed by atoms with Crippen LogP contribution >= 0.6 is 11.6 Å². The van der Waals surface area contributed by atoms with Crippen LogP contribution in [0.5, 0.6) is 0 Å². The molecule has 0 bridgehead atoms. The van der Waals surface area contributed by atoms with Crippen LogP contribution in [0, 0.1) is 0 Å². The van der Waals surface area contributed by atoms with Crippen LogP contribution in [0.1, 0.15) is 12.0 Å². The maximum atomic E-state index is 6.15. The first-order valence-corrected chi connectivity index (χ1v) is 6.70. The van der Waals surface area contributed by atoms with Crippen LogP contribution in [0.2, 0.25) is 5.02 Å². The van der Waals surface area contributed by atoms with Crippen LogP contribution in [-0.2, 0) is 13.0 Å². The number of rotatable bonds is 4. The van der Waals surface area contributed by atoms with E-state index in [1.165, 1.54) is 5.56 Å². The molecule has 96 valence electrons. The first-order chi connectivity index (χ1) is 9.34. The second kappa shape index (κ2) is 5.41. The zero-order chi connectivity index (χ0) is 13.1. The average Bonchev–Trinajstić information content (AvgIpc) is 2.85. The first-order valence-electron chi connectivity index (χ1n) is 6.33. The van der Waals surface area contributed by atoms with Gasteiger partial charge in [0.1, 0.15) is 12.0 Å². The van der Waals surface area contributed by atoms with Gasteiger partial charge in [-0.1, -0.05) is 29.8 Å². The lowest BCUT2D eigenvalue weighted by Gasteiger charge is -2.06. The van der Waals surface area contributed by atoms with E-state index in [2.05, 4.69) is 26.8 Å². The SMILES string of the molecule is Clc1ccccc1CCCn1ccc2cncnc21. The summed E-state index contributed by atoms with van der Waals surface area (Å²) in [5, 5.41) is 1.93. The highest BCUT2D eigenvalue weighted by Gasteiger charge is 2.03. The maximum absolute atomic E-state index is 6.15. The van der Waals surface area contributed by atoms with Crippen molar-refractivity contribution in [3.05, 3.63) is 59.6 Å². The Morgan fingerprint density at radius 3 is 2.95 bits per heavy atom. The normalized spacial score (nSPS) is 11.0. The molecule has 0 aliphatic heterocycles. The topological polar surface area (TPSA) is 30.7 Å². The minimum Gasteiger partial charge on any atom is -0.332 e. The quantitative estimate of drug-likeness (QED) is 0.724. The van der Waals surface area contributed by atoms with Crippen molar-refractivity contribution in [2.75, 3.05) is 0 Å². The van der Waals surface area contributed by atoms with Gasteiger partial charge in [0.2, 0.25) is 0 Å². The number of fused-ring (bicyclic) bond motifs is 1. The molecule has 0 radical (unpaired) electrons. The molecule has 3 aromatic rings. The van der Waals surface area contributed by atoms with Crippen molar-refractivity contribution < 1.29 is 0 Å².